The molecule has 0 aliphatic rings. The van der Waals surface area contributed by atoms with E-state index in [0.717, 1.165) is 0 Å². The molecule has 0 bridgehead atoms. The lowest BCUT2D eigenvalue weighted by Crippen LogP contribution is -2.72. The molecule has 0 aromatic heterocycles. The van der Waals surface area contributed by atoms with Crippen molar-refractivity contribution < 1.29 is 75.0 Å². The van der Waals surface area contributed by atoms with Crippen LogP contribution >= 0.6 is 0 Å². The van der Waals surface area contributed by atoms with Gasteiger partial charge in [-0.05, 0) is 0 Å². The van der Waals surface area contributed by atoms with Crippen molar-refractivity contribution in [2.45, 2.75) is 41.7 Å². The van der Waals surface area contributed by atoms with Gasteiger partial charge in [-0.2, -0.15) is 65.9 Å². The fraction of sp³-hybridized carbons (Fsp3) is 0.700. The molecular weight excluding hydrogens is 440 g/mol. The molecule has 0 atom stereocenters. The van der Waals surface area contributed by atoms with Gasteiger partial charge in [0.15, 0.2) is 5.83 Å². The highest BCUT2D eigenvalue weighted by molar-refractivity contribution is 5.66. The number of hydrogen-bond donors (Lipinski definition) is 0. The highest BCUT2D eigenvalue weighted by Crippen LogP contribution is 2.63. The first kappa shape index (κ1) is 25.3. The number of hydrogen-bond acceptors (Lipinski definition) is 1. The summed E-state index contributed by atoms with van der Waals surface area (Å²) in [5.41, 5.74) is 0. The molecule has 0 aromatic carbocycles. The Hall–Kier alpha value is -1.71. The molecule has 0 amide bonds. The maximum absolute atomic E-state index is 13.0. The lowest BCUT2D eigenvalue weighted by molar-refractivity contribution is -0.450. The molecule has 0 saturated heterocycles. The van der Waals surface area contributed by atoms with Crippen LogP contribution in [0.25, 0.3) is 0 Å². The predicted molar refractivity (Wildman–Crippen MR) is 51.0 cm³/mol. The lowest BCUT2D eigenvalue weighted by Gasteiger charge is -2.41. The molecule has 0 radical (unpaired) electrons. The zero-order valence-corrected chi connectivity index (χ0v) is 11.6. The Labute approximate surface area is 136 Å². The van der Waals surface area contributed by atoms with Crippen LogP contribution in [0.2, 0.25) is 0 Å². The second kappa shape index (κ2) is 6.42. The third-order valence-electron chi connectivity index (χ3n) is 2.84. The molecule has 0 aliphatic carbocycles. The molecule has 0 spiro atoms. The zero-order valence-electron chi connectivity index (χ0n) is 11.6. The SMILES string of the molecule is O=CC=C(F)C(F)(F)C(F)(F)C(F)(F)C(F)(F)C(F)(F)C(F)(F)C(F)(F)F. The molecule has 17 heteroatoms. The molecule has 160 valence electrons. The van der Waals surface area contributed by atoms with Crippen molar-refractivity contribution in [1.29, 1.82) is 0 Å². The molecule has 1 nitrogen and oxygen atoms in total. The predicted octanol–water partition coefficient (Wildman–Crippen LogP) is 5.41. The quantitative estimate of drug-likeness (QED) is 0.293. The van der Waals surface area contributed by atoms with Gasteiger partial charge in [-0.25, -0.2) is 4.39 Å². The van der Waals surface area contributed by atoms with Crippen molar-refractivity contribution in [3.8, 4) is 0 Å². The Kier molecular flexibility index (Phi) is 6.02. The summed E-state index contributed by atoms with van der Waals surface area (Å²) in [7, 11) is 0. The van der Waals surface area contributed by atoms with E-state index >= 15 is 0 Å². The van der Waals surface area contributed by atoms with E-state index in [-0.39, 0.29) is 0 Å². The number of allylic oxidation sites excluding steroid dienone is 2. The molecule has 0 heterocycles. The van der Waals surface area contributed by atoms with Gasteiger partial charge in [-0.15, -0.1) is 0 Å². The van der Waals surface area contributed by atoms with Crippen LogP contribution in [0.15, 0.2) is 11.9 Å². The standard InChI is InChI=1S/C10H2F16O/c11-3(1-2-27)4(12,13)5(14,15)6(16,17)7(18,19)8(20,21)9(22,23)10(24,25)26/h1-2H. The van der Waals surface area contributed by atoms with Crippen LogP contribution in [0.3, 0.4) is 0 Å². The summed E-state index contributed by atoms with van der Waals surface area (Å²) in [5, 5.41) is 0. The number of rotatable bonds is 7. The van der Waals surface area contributed by atoms with Crippen LogP contribution in [0.4, 0.5) is 70.2 Å². The number of carbonyl (C=O) groups is 1. The Morgan fingerprint density at radius 1 is 0.519 bits per heavy atom. The van der Waals surface area contributed by atoms with Gasteiger partial charge in [-0.1, -0.05) is 0 Å². The smallest absolute Gasteiger partial charge is 0.298 e. The van der Waals surface area contributed by atoms with Crippen molar-refractivity contribution in [3.63, 3.8) is 0 Å². The summed E-state index contributed by atoms with van der Waals surface area (Å²) in [6.07, 6.45) is -10.1. The summed E-state index contributed by atoms with van der Waals surface area (Å²) in [6, 6.07) is 0. The van der Waals surface area contributed by atoms with Gasteiger partial charge < -0.3 is 0 Å². The molecule has 0 aliphatic heterocycles. The minimum atomic E-state index is -8.49. The fourth-order valence-corrected chi connectivity index (χ4v) is 1.28. The van der Waals surface area contributed by atoms with Gasteiger partial charge >= 0.3 is 41.7 Å². The van der Waals surface area contributed by atoms with Crippen LogP contribution in [0, 0.1) is 0 Å². The van der Waals surface area contributed by atoms with Crippen LogP contribution in [-0.2, 0) is 4.79 Å². The highest BCUT2D eigenvalue weighted by Gasteiger charge is 2.93. The number of carbonyl (C=O) groups excluding carboxylic acids is 1. The normalized spacial score (nSPS) is 16.5. The van der Waals surface area contributed by atoms with Gasteiger partial charge in [0.2, 0.25) is 0 Å². The molecule has 0 saturated carbocycles. The molecule has 0 N–H and O–H groups in total. The van der Waals surface area contributed by atoms with E-state index in [1.54, 1.807) is 0 Å². The van der Waals surface area contributed by atoms with Crippen molar-refractivity contribution in [2.75, 3.05) is 0 Å². The summed E-state index contributed by atoms with van der Waals surface area (Å²) in [4.78, 5) is 9.66. The monoisotopic (exact) mass is 442 g/mol. The third-order valence-corrected chi connectivity index (χ3v) is 2.84. The van der Waals surface area contributed by atoms with Crippen molar-refractivity contribution in [1.82, 2.24) is 0 Å². The van der Waals surface area contributed by atoms with Crippen LogP contribution in [0.1, 0.15) is 0 Å². The third kappa shape index (κ3) is 3.21. The van der Waals surface area contributed by atoms with Gasteiger partial charge in [-0.3, -0.25) is 4.79 Å². The minimum Gasteiger partial charge on any atom is -0.298 e. The molecule has 0 aromatic rings. The van der Waals surface area contributed by atoms with Crippen molar-refractivity contribution >= 4 is 6.29 Å². The largest absolute Gasteiger partial charge is 0.460 e. The topological polar surface area (TPSA) is 17.1 Å². The average Bonchev–Trinajstić information content (AvgIpc) is 2.45. The van der Waals surface area contributed by atoms with Gasteiger partial charge in [0.25, 0.3) is 0 Å². The minimum absolute atomic E-state index is 1.11. The van der Waals surface area contributed by atoms with E-state index < -0.39 is 59.9 Å². The van der Waals surface area contributed by atoms with Gasteiger partial charge in [0.05, 0.1) is 0 Å². The summed E-state index contributed by atoms with van der Waals surface area (Å²) in [5.74, 6) is -52.5. The van der Waals surface area contributed by atoms with Crippen LogP contribution in [0.5, 0.6) is 0 Å². The number of alkyl halides is 15. The summed E-state index contributed by atoms with van der Waals surface area (Å²) < 4.78 is 202. The zero-order chi connectivity index (χ0) is 22.5. The van der Waals surface area contributed by atoms with Gasteiger partial charge in [0, 0.05) is 6.08 Å². The Balaban J connectivity index is 6.64. The Bertz CT molecular complexity index is 597. The fourth-order valence-electron chi connectivity index (χ4n) is 1.28. The second-order valence-corrected chi connectivity index (χ2v) is 4.59. The van der Waals surface area contributed by atoms with E-state index in [1.165, 1.54) is 0 Å². The summed E-state index contributed by atoms with van der Waals surface area (Å²) >= 11 is 0. The van der Waals surface area contributed by atoms with Gasteiger partial charge in [0.1, 0.15) is 6.29 Å². The van der Waals surface area contributed by atoms with E-state index in [1.807, 2.05) is 0 Å². The molecule has 27 heavy (non-hydrogen) atoms. The maximum atomic E-state index is 13.0. The lowest BCUT2D eigenvalue weighted by atomic mass is 9.90. The molecule has 0 unspecified atom stereocenters. The number of aldehydes is 1. The van der Waals surface area contributed by atoms with Crippen molar-refractivity contribution in [3.05, 3.63) is 11.9 Å². The van der Waals surface area contributed by atoms with E-state index in [2.05, 4.69) is 0 Å². The first-order valence-corrected chi connectivity index (χ1v) is 5.63. The van der Waals surface area contributed by atoms with E-state index in [9.17, 15) is 75.0 Å². The van der Waals surface area contributed by atoms with E-state index in [4.69, 9.17) is 0 Å². The first-order valence-electron chi connectivity index (χ1n) is 5.63. The first-order chi connectivity index (χ1) is 11.5. The second-order valence-electron chi connectivity index (χ2n) is 4.59. The molecular formula is C10H2F16O. The van der Waals surface area contributed by atoms with Crippen molar-refractivity contribution in [2.24, 2.45) is 0 Å². The van der Waals surface area contributed by atoms with Crippen LogP contribution < -0.4 is 0 Å². The molecule has 0 rings (SSSR count). The van der Waals surface area contributed by atoms with E-state index in [0.29, 0.717) is 0 Å². The number of halogens is 16. The summed E-state index contributed by atoms with van der Waals surface area (Å²) in [6.45, 7) is 0. The van der Waals surface area contributed by atoms with Crippen LogP contribution in [-0.4, -0.2) is 48.0 Å². The average molecular weight is 442 g/mol. The molecule has 0 fully saturated rings. The maximum Gasteiger partial charge on any atom is 0.460 e. The Morgan fingerprint density at radius 3 is 1.11 bits per heavy atom. The highest BCUT2D eigenvalue weighted by atomic mass is 19.4. The Morgan fingerprint density at radius 2 is 0.815 bits per heavy atom.